The number of ether oxygens (including phenoxy) is 1. The summed E-state index contributed by atoms with van der Waals surface area (Å²) < 4.78 is 6.54. The van der Waals surface area contributed by atoms with Crippen molar-refractivity contribution in [3.8, 4) is 17.1 Å². The highest BCUT2D eigenvalue weighted by molar-refractivity contribution is 6.01. The molecule has 2 aromatic heterocycles. The number of methoxy groups -OCH3 is 1. The normalized spacial score (nSPS) is 10.4. The minimum Gasteiger partial charge on any atom is -0.496 e. The lowest BCUT2D eigenvalue weighted by Crippen LogP contribution is -2.25. The second kappa shape index (κ2) is 7.56. The SMILES string of the molecule is COc1ccccc1C(=O)CNc1nc(-c2ccncn2)cc(=O)n1C. The minimum atomic E-state index is -0.263. The summed E-state index contributed by atoms with van der Waals surface area (Å²) in [7, 11) is 3.09. The fourth-order valence-electron chi connectivity index (χ4n) is 2.40. The van der Waals surface area contributed by atoms with Crippen LogP contribution in [0.4, 0.5) is 5.95 Å². The second-order valence-electron chi connectivity index (χ2n) is 5.43. The van der Waals surface area contributed by atoms with Crippen LogP contribution in [-0.2, 0) is 7.05 Å². The summed E-state index contributed by atoms with van der Waals surface area (Å²) in [6, 6.07) is 10.0. The van der Waals surface area contributed by atoms with Crippen molar-refractivity contribution in [1.29, 1.82) is 0 Å². The first-order valence-corrected chi connectivity index (χ1v) is 7.84. The molecule has 0 unspecified atom stereocenters. The van der Waals surface area contributed by atoms with Crippen molar-refractivity contribution < 1.29 is 9.53 Å². The topological polar surface area (TPSA) is 99.0 Å². The molecule has 0 bridgehead atoms. The van der Waals surface area contributed by atoms with Crippen LogP contribution < -0.4 is 15.6 Å². The Morgan fingerprint density at radius 1 is 1.23 bits per heavy atom. The predicted molar refractivity (Wildman–Crippen MR) is 96.3 cm³/mol. The van der Waals surface area contributed by atoms with Crippen molar-refractivity contribution in [2.24, 2.45) is 7.05 Å². The first kappa shape index (κ1) is 17.3. The van der Waals surface area contributed by atoms with Crippen molar-refractivity contribution in [3.05, 3.63) is 64.8 Å². The van der Waals surface area contributed by atoms with Crippen molar-refractivity contribution >= 4 is 11.7 Å². The zero-order valence-electron chi connectivity index (χ0n) is 14.3. The number of carbonyl (C=O) groups excluding carboxylic acids is 1. The Hall–Kier alpha value is -3.55. The molecule has 0 amide bonds. The van der Waals surface area contributed by atoms with Gasteiger partial charge in [0.05, 0.1) is 30.6 Å². The van der Waals surface area contributed by atoms with E-state index in [2.05, 4.69) is 20.3 Å². The molecule has 8 nitrogen and oxygen atoms in total. The third-order valence-electron chi connectivity index (χ3n) is 3.79. The van der Waals surface area contributed by atoms with Crippen LogP contribution >= 0.6 is 0 Å². The third kappa shape index (κ3) is 3.59. The molecule has 1 N–H and O–H groups in total. The lowest BCUT2D eigenvalue weighted by molar-refractivity contribution is 0.100. The molecule has 0 radical (unpaired) electrons. The molecule has 0 aliphatic heterocycles. The molecule has 132 valence electrons. The number of ketones is 1. The fourth-order valence-corrected chi connectivity index (χ4v) is 2.40. The quantitative estimate of drug-likeness (QED) is 0.673. The summed E-state index contributed by atoms with van der Waals surface area (Å²) >= 11 is 0. The molecule has 0 atom stereocenters. The van der Waals surface area contributed by atoms with Gasteiger partial charge in [-0.2, -0.15) is 0 Å². The molecule has 3 aromatic rings. The van der Waals surface area contributed by atoms with Crippen LogP contribution in [0.15, 0.2) is 53.7 Å². The van der Waals surface area contributed by atoms with Crippen molar-refractivity contribution in [1.82, 2.24) is 19.5 Å². The van der Waals surface area contributed by atoms with Gasteiger partial charge in [-0.15, -0.1) is 0 Å². The van der Waals surface area contributed by atoms with E-state index in [9.17, 15) is 9.59 Å². The van der Waals surface area contributed by atoms with E-state index in [4.69, 9.17) is 4.74 Å². The molecular formula is C18H17N5O3. The number of aromatic nitrogens is 4. The molecule has 0 spiro atoms. The van der Waals surface area contributed by atoms with Gasteiger partial charge in [-0.1, -0.05) is 12.1 Å². The number of anilines is 1. The standard InChI is InChI=1S/C18H17N5O3/c1-23-17(25)9-14(13-7-8-19-11-21-13)22-18(23)20-10-15(24)12-5-3-4-6-16(12)26-2/h3-9,11H,10H2,1-2H3,(H,20,22). The van der Waals surface area contributed by atoms with Crippen LogP contribution in [0.2, 0.25) is 0 Å². The Morgan fingerprint density at radius 2 is 2.04 bits per heavy atom. The number of Topliss-reactive ketones (excluding diaryl/α,β-unsaturated/α-hetero) is 1. The number of carbonyl (C=O) groups is 1. The molecule has 1 aromatic carbocycles. The third-order valence-corrected chi connectivity index (χ3v) is 3.79. The molecule has 0 saturated heterocycles. The van der Waals surface area contributed by atoms with E-state index in [1.54, 1.807) is 43.6 Å². The van der Waals surface area contributed by atoms with Gasteiger partial charge in [0.15, 0.2) is 5.78 Å². The van der Waals surface area contributed by atoms with Gasteiger partial charge in [0, 0.05) is 19.3 Å². The summed E-state index contributed by atoms with van der Waals surface area (Å²) in [5, 5.41) is 2.92. The van der Waals surface area contributed by atoms with Gasteiger partial charge in [-0.3, -0.25) is 14.2 Å². The molecule has 26 heavy (non-hydrogen) atoms. The average molecular weight is 351 g/mol. The maximum Gasteiger partial charge on any atom is 0.255 e. The van der Waals surface area contributed by atoms with Crippen LogP contribution in [0, 0.1) is 0 Å². The van der Waals surface area contributed by atoms with Gasteiger partial charge in [0.25, 0.3) is 5.56 Å². The number of nitrogens with zero attached hydrogens (tertiary/aromatic N) is 4. The summed E-state index contributed by atoms with van der Waals surface area (Å²) in [5.74, 6) is 0.592. The number of hydrogen-bond acceptors (Lipinski definition) is 7. The number of hydrogen-bond donors (Lipinski definition) is 1. The van der Waals surface area contributed by atoms with Gasteiger partial charge in [0.2, 0.25) is 5.95 Å². The predicted octanol–water partition coefficient (Wildman–Crippen LogP) is 1.54. The van der Waals surface area contributed by atoms with Crippen molar-refractivity contribution in [2.45, 2.75) is 0 Å². The zero-order valence-corrected chi connectivity index (χ0v) is 14.3. The molecular weight excluding hydrogens is 334 g/mol. The van der Waals surface area contributed by atoms with E-state index in [-0.39, 0.29) is 23.8 Å². The Kier molecular flexibility index (Phi) is 5.02. The van der Waals surface area contributed by atoms with Gasteiger partial charge in [-0.25, -0.2) is 15.0 Å². The van der Waals surface area contributed by atoms with Gasteiger partial charge in [0.1, 0.15) is 12.1 Å². The van der Waals surface area contributed by atoms with Crippen LogP contribution in [0.5, 0.6) is 5.75 Å². The highest BCUT2D eigenvalue weighted by Gasteiger charge is 2.13. The second-order valence-corrected chi connectivity index (χ2v) is 5.43. The van der Waals surface area contributed by atoms with Crippen molar-refractivity contribution in [2.75, 3.05) is 19.0 Å². The van der Waals surface area contributed by atoms with Crippen LogP contribution in [-0.4, -0.2) is 39.0 Å². The largest absolute Gasteiger partial charge is 0.496 e. The molecule has 2 heterocycles. The Morgan fingerprint density at radius 3 is 2.77 bits per heavy atom. The lowest BCUT2D eigenvalue weighted by Gasteiger charge is -2.12. The fraction of sp³-hybridized carbons (Fsp3) is 0.167. The smallest absolute Gasteiger partial charge is 0.255 e. The van der Waals surface area contributed by atoms with E-state index in [0.29, 0.717) is 22.7 Å². The number of para-hydroxylation sites is 1. The van der Waals surface area contributed by atoms with E-state index in [1.807, 2.05) is 0 Å². The van der Waals surface area contributed by atoms with E-state index >= 15 is 0 Å². The average Bonchev–Trinajstić information content (AvgIpc) is 2.69. The molecule has 0 fully saturated rings. The molecule has 0 saturated carbocycles. The van der Waals surface area contributed by atoms with Crippen LogP contribution in [0.25, 0.3) is 11.4 Å². The van der Waals surface area contributed by atoms with E-state index < -0.39 is 0 Å². The summed E-state index contributed by atoms with van der Waals surface area (Å²) in [4.78, 5) is 37.0. The van der Waals surface area contributed by atoms with Gasteiger partial charge < -0.3 is 10.1 Å². The Balaban J connectivity index is 1.85. The zero-order chi connectivity index (χ0) is 18.5. The van der Waals surface area contributed by atoms with Crippen LogP contribution in [0.3, 0.4) is 0 Å². The highest BCUT2D eigenvalue weighted by atomic mass is 16.5. The first-order chi connectivity index (χ1) is 12.6. The van der Waals surface area contributed by atoms with Gasteiger partial charge >= 0.3 is 0 Å². The molecule has 8 heteroatoms. The van der Waals surface area contributed by atoms with E-state index in [1.165, 1.54) is 24.1 Å². The number of benzene rings is 1. The molecule has 3 rings (SSSR count). The number of rotatable bonds is 6. The summed E-state index contributed by atoms with van der Waals surface area (Å²) in [6.45, 7) is -0.0338. The minimum absolute atomic E-state index is 0.0338. The lowest BCUT2D eigenvalue weighted by atomic mass is 10.1. The maximum absolute atomic E-state index is 12.5. The summed E-state index contributed by atoms with van der Waals surface area (Å²) in [5.41, 5.74) is 1.12. The van der Waals surface area contributed by atoms with Crippen LogP contribution in [0.1, 0.15) is 10.4 Å². The monoisotopic (exact) mass is 351 g/mol. The summed E-state index contributed by atoms with van der Waals surface area (Å²) in [6.07, 6.45) is 2.95. The first-order valence-electron chi connectivity index (χ1n) is 7.84. The number of nitrogens with one attached hydrogen (secondary N) is 1. The molecule has 0 aliphatic rings. The maximum atomic E-state index is 12.5. The Labute approximate surface area is 149 Å². The highest BCUT2D eigenvalue weighted by Crippen LogP contribution is 2.18. The van der Waals surface area contributed by atoms with E-state index in [0.717, 1.165) is 0 Å². The Bertz CT molecular complexity index is 986. The van der Waals surface area contributed by atoms with Gasteiger partial charge in [-0.05, 0) is 18.2 Å². The molecule has 0 aliphatic carbocycles. The van der Waals surface area contributed by atoms with Crippen molar-refractivity contribution in [3.63, 3.8) is 0 Å².